The first-order valence-electron chi connectivity index (χ1n) is 9.61. The molecule has 0 aliphatic carbocycles. The predicted octanol–water partition coefficient (Wildman–Crippen LogP) is 6.30. The summed E-state index contributed by atoms with van der Waals surface area (Å²) in [5.74, 6) is 0.850. The van der Waals surface area contributed by atoms with Gasteiger partial charge in [0.15, 0.2) is 0 Å². The first-order valence-corrected chi connectivity index (χ1v) is 9.61. The minimum atomic E-state index is 0.850. The molecule has 0 aliphatic heterocycles. The average Bonchev–Trinajstić information content (AvgIpc) is 3.32. The van der Waals surface area contributed by atoms with Crippen LogP contribution in [0.1, 0.15) is 5.69 Å². The lowest BCUT2D eigenvalue weighted by atomic mass is 10.1. The Morgan fingerprint density at radius 2 is 1.62 bits per heavy atom. The number of hydrogen-bond acceptors (Lipinski definition) is 3. The van der Waals surface area contributed by atoms with Crippen LogP contribution in [-0.4, -0.2) is 14.5 Å². The molecule has 0 saturated carbocycles. The van der Waals surface area contributed by atoms with Gasteiger partial charge < -0.3 is 4.42 Å². The van der Waals surface area contributed by atoms with Crippen LogP contribution in [0.15, 0.2) is 89.5 Å². The maximum absolute atomic E-state index is 6.28. The molecule has 29 heavy (non-hydrogen) atoms. The van der Waals surface area contributed by atoms with E-state index in [0.29, 0.717) is 0 Å². The summed E-state index contributed by atoms with van der Waals surface area (Å²) in [6.45, 7) is 1.99. The van der Waals surface area contributed by atoms with Crippen LogP contribution in [0.2, 0.25) is 0 Å². The van der Waals surface area contributed by atoms with Crippen molar-refractivity contribution >= 4 is 33.0 Å². The number of fused-ring (bicyclic) bond motifs is 4. The molecule has 0 fully saturated rings. The minimum Gasteiger partial charge on any atom is -0.455 e. The molecule has 0 aliphatic rings. The zero-order chi connectivity index (χ0) is 19.4. The highest BCUT2D eigenvalue weighted by Gasteiger charge is 2.19. The molecule has 0 bridgehead atoms. The summed E-state index contributed by atoms with van der Waals surface area (Å²) in [4.78, 5) is 9.52. The van der Waals surface area contributed by atoms with E-state index in [-0.39, 0.29) is 0 Å². The van der Waals surface area contributed by atoms with Crippen LogP contribution in [0.5, 0.6) is 0 Å². The summed E-state index contributed by atoms with van der Waals surface area (Å²) in [6.07, 6.45) is 1.90. The maximum atomic E-state index is 6.28. The molecular formula is C25H17N3O. The molecule has 4 nitrogen and oxygen atoms in total. The van der Waals surface area contributed by atoms with Gasteiger partial charge in [0, 0.05) is 22.2 Å². The molecule has 0 atom stereocenters. The average molecular weight is 375 g/mol. The van der Waals surface area contributed by atoms with Gasteiger partial charge in [-0.15, -0.1) is 0 Å². The van der Waals surface area contributed by atoms with Crippen LogP contribution in [-0.2, 0) is 0 Å². The Kier molecular flexibility index (Phi) is 3.35. The lowest BCUT2D eigenvalue weighted by Gasteiger charge is -2.09. The predicted molar refractivity (Wildman–Crippen MR) is 116 cm³/mol. The second kappa shape index (κ2) is 6.04. The van der Waals surface area contributed by atoms with Gasteiger partial charge in [0.1, 0.15) is 17.0 Å². The van der Waals surface area contributed by atoms with Gasteiger partial charge >= 0.3 is 0 Å². The Labute approximate surface area is 167 Å². The van der Waals surface area contributed by atoms with Gasteiger partial charge in [0.05, 0.1) is 22.8 Å². The second-order valence-corrected chi connectivity index (χ2v) is 7.20. The first kappa shape index (κ1) is 16.1. The Morgan fingerprint density at radius 1 is 0.828 bits per heavy atom. The smallest absolute Gasteiger partial charge is 0.149 e. The Bertz CT molecular complexity index is 1510. The van der Waals surface area contributed by atoms with Crippen LogP contribution in [0.4, 0.5) is 0 Å². The molecule has 0 N–H and O–H groups in total. The van der Waals surface area contributed by atoms with Crippen LogP contribution in [0.3, 0.4) is 0 Å². The lowest BCUT2D eigenvalue weighted by Crippen LogP contribution is -1.97. The van der Waals surface area contributed by atoms with Gasteiger partial charge in [0.2, 0.25) is 0 Å². The molecule has 6 aromatic rings. The highest BCUT2D eigenvalue weighted by Crippen LogP contribution is 2.37. The molecule has 0 saturated heterocycles. The molecule has 3 aromatic heterocycles. The molecule has 0 radical (unpaired) electrons. The number of aromatic nitrogens is 3. The standard InChI is InChI=1S/C25H17N3O/c1-16-14-21-22(15-26-16)28(17-8-3-2-4-9-17)25(27-21)20-12-7-11-19-18-10-5-6-13-23(18)29-24(19)20/h2-15H,1H3. The Hall–Kier alpha value is -3.92. The summed E-state index contributed by atoms with van der Waals surface area (Å²) in [7, 11) is 0. The molecule has 0 spiro atoms. The van der Waals surface area contributed by atoms with Crippen molar-refractivity contribution in [1.82, 2.24) is 14.5 Å². The van der Waals surface area contributed by atoms with Crippen molar-refractivity contribution in [3.63, 3.8) is 0 Å². The summed E-state index contributed by atoms with van der Waals surface area (Å²) in [6, 6.07) is 26.7. The summed E-state index contributed by atoms with van der Waals surface area (Å²) in [5.41, 5.74) is 6.60. The van der Waals surface area contributed by atoms with Crippen LogP contribution >= 0.6 is 0 Å². The monoisotopic (exact) mass is 375 g/mol. The van der Waals surface area contributed by atoms with Gasteiger partial charge in [0.25, 0.3) is 0 Å². The summed E-state index contributed by atoms with van der Waals surface area (Å²) < 4.78 is 8.44. The third kappa shape index (κ3) is 2.39. The Morgan fingerprint density at radius 3 is 2.52 bits per heavy atom. The van der Waals surface area contributed by atoms with E-state index in [2.05, 4.69) is 45.9 Å². The number of furan rings is 1. The van der Waals surface area contributed by atoms with E-state index in [1.165, 1.54) is 0 Å². The lowest BCUT2D eigenvalue weighted by molar-refractivity contribution is 0.669. The van der Waals surface area contributed by atoms with E-state index < -0.39 is 0 Å². The molecule has 6 rings (SSSR count). The van der Waals surface area contributed by atoms with Crippen molar-refractivity contribution in [2.45, 2.75) is 6.92 Å². The third-order valence-corrected chi connectivity index (χ3v) is 5.34. The second-order valence-electron chi connectivity index (χ2n) is 7.20. The fourth-order valence-corrected chi connectivity index (χ4v) is 4.02. The molecule has 4 heteroatoms. The van der Waals surface area contributed by atoms with Gasteiger partial charge in [-0.25, -0.2) is 4.98 Å². The van der Waals surface area contributed by atoms with Crippen LogP contribution in [0.25, 0.3) is 50.0 Å². The van der Waals surface area contributed by atoms with Gasteiger partial charge in [-0.3, -0.25) is 9.55 Å². The fourth-order valence-electron chi connectivity index (χ4n) is 4.02. The molecule has 3 aromatic carbocycles. The highest BCUT2D eigenvalue weighted by molar-refractivity contribution is 6.09. The molecule has 0 unspecified atom stereocenters. The molecule has 138 valence electrons. The van der Waals surface area contributed by atoms with Gasteiger partial charge in [-0.05, 0) is 37.3 Å². The molecule has 3 heterocycles. The van der Waals surface area contributed by atoms with E-state index in [1.807, 2.05) is 55.6 Å². The number of aryl methyl sites for hydroxylation is 1. The quantitative estimate of drug-likeness (QED) is 0.357. The number of imidazole rings is 1. The highest BCUT2D eigenvalue weighted by atomic mass is 16.3. The van der Waals surface area contributed by atoms with Crippen LogP contribution < -0.4 is 0 Å². The zero-order valence-electron chi connectivity index (χ0n) is 15.8. The van der Waals surface area contributed by atoms with E-state index in [1.54, 1.807) is 0 Å². The van der Waals surface area contributed by atoms with Crippen molar-refractivity contribution in [3.8, 4) is 17.1 Å². The Balaban J connectivity index is 1.74. The maximum Gasteiger partial charge on any atom is 0.149 e. The fraction of sp³-hybridized carbons (Fsp3) is 0.0400. The zero-order valence-corrected chi connectivity index (χ0v) is 15.8. The number of benzene rings is 3. The number of hydrogen-bond donors (Lipinski definition) is 0. The number of nitrogens with zero attached hydrogens (tertiary/aromatic N) is 3. The van der Waals surface area contributed by atoms with Crippen molar-refractivity contribution in [2.75, 3.05) is 0 Å². The molecular weight excluding hydrogens is 358 g/mol. The number of pyridine rings is 1. The number of rotatable bonds is 2. The van der Waals surface area contributed by atoms with E-state index in [4.69, 9.17) is 9.40 Å². The topological polar surface area (TPSA) is 43.9 Å². The number of para-hydroxylation sites is 3. The van der Waals surface area contributed by atoms with Gasteiger partial charge in [-0.2, -0.15) is 0 Å². The van der Waals surface area contributed by atoms with Gasteiger partial charge in [-0.1, -0.05) is 48.5 Å². The summed E-state index contributed by atoms with van der Waals surface area (Å²) >= 11 is 0. The SMILES string of the molecule is Cc1cc2nc(-c3cccc4c3oc3ccccc34)n(-c3ccccc3)c2cn1. The normalized spacial score (nSPS) is 11.6. The van der Waals surface area contributed by atoms with Crippen molar-refractivity contribution in [3.05, 3.63) is 90.8 Å². The summed E-state index contributed by atoms with van der Waals surface area (Å²) in [5, 5.41) is 2.21. The first-order chi connectivity index (χ1) is 14.3. The van der Waals surface area contributed by atoms with Crippen molar-refractivity contribution in [1.29, 1.82) is 0 Å². The largest absolute Gasteiger partial charge is 0.455 e. The van der Waals surface area contributed by atoms with E-state index >= 15 is 0 Å². The third-order valence-electron chi connectivity index (χ3n) is 5.34. The minimum absolute atomic E-state index is 0.850. The van der Waals surface area contributed by atoms with Crippen molar-refractivity contribution in [2.24, 2.45) is 0 Å². The van der Waals surface area contributed by atoms with Crippen molar-refractivity contribution < 1.29 is 4.42 Å². The van der Waals surface area contributed by atoms with E-state index in [9.17, 15) is 0 Å². The molecule has 0 amide bonds. The van der Waals surface area contributed by atoms with Crippen LogP contribution in [0, 0.1) is 6.92 Å². The van der Waals surface area contributed by atoms with E-state index in [0.717, 1.165) is 55.7 Å².